The average molecular weight is 372 g/mol. The predicted molar refractivity (Wildman–Crippen MR) is 99.9 cm³/mol. The van der Waals surface area contributed by atoms with Gasteiger partial charge in [0.2, 0.25) is 11.8 Å². The smallest absolute Gasteiger partial charge is 0.228 e. The monoisotopic (exact) mass is 372 g/mol. The maximum Gasteiger partial charge on any atom is 0.228 e. The summed E-state index contributed by atoms with van der Waals surface area (Å²) >= 11 is 0. The second kappa shape index (κ2) is 7.98. The summed E-state index contributed by atoms with van der Waals surface area (Å²) in [5.41, 5.74) is 0.729. The molecule has 6 heteroatoms. The largest absolute Gasteiger partial charge is 0.381 e. The van der Waals surface area contributed by atoms with Crippen molar-refractivity contribution in [2.24, 2.45) is 5.92 Å². The van der Waals surface area contributed by atoms with E-state index in [1.165, 1.54) is 0 Å². The molecule has 3 saturated heterocycles. The highest BCUT2D eigenvalue weighted by Gasteiger charge is 2.42. The lowest BCUT2D eigenvalue weighted by molar-refractivity contribution is -0.144. The Bertz CT molecular complexity index is 664. The van der Waals surface area contributed by atoms with Crippen LogP contribution in [0.4, 0.5) is 0 Å². The van der Waals surface area contributed by atoms with E-state index in [0.29, 0.717) is 52.4 Å². The molecule has 3 heterocycles. The maximum absolute atomic E-state index is 12.9. The number of nitrogens with zero attached hydrogens (tertiary/aromatic N) is 2. The number of hydrogen-bond donors (Lipinski definition) is 0. The molecular formula is C21H28N2O4. The Morgan fingerprint density at radius 3 is 2.59 bits per heavy atom. The van der Waals surface area contributed by atoms with E-state index in [1.54, 1.807) is 0 Å². The minimum atomic E-state index is -0.411. The number of likely N-dealkylation sites (tertiary alicyclic amines) is 1. The van der Waals surface area contributed by atoms with Crippen LogP contribution in [0.15, 0.2) is 30.3 Å². The van der Waals surface area contributed by atoms with Crippen LogP contribution in [-0.2, 0) is 25.6 Å². The van der Waals surface area contributed by atoms with Crippen LogP contribution in [0.2, 0.25) is 0 Å². The summed E-state index contributed by atoms with van der Waals surface area (Å²) in [6, 6.07) is 10.1. The highest BCUT2D eigenvalue weighted by atomic mass is 16.5. The van der Waals surface area contributed by atoms with Gasteiger partial charge in [0.15, 0.2) is 0 Å². The summed E-state index contributed by atoms with van der Waals surface area (Å²) < 4.78 is 11.5. The zero-order chi connectivity index (χ0) is 18.7. The van der Waals surface area contributed by atoms with Gasteiger partial charge in [-0.2, -0.15) is 0 Å². The lowest BCUT2D eigenvalue weighted by Gasteiger charge is -2.41. The summed E-state index contributed by atoms with van der Waals surface area (Å²) in [6.45, 7) is 4.38. The number of carbonyl (C=O) groups excluding carboxylic acids is 2. The van der Waals surface area contributed by atoms with Crippen molar-refractivity contribution in [3.05, 3.63) is 35.9 Å². The lowest BCUT2D eigenvalue weighted by atomic mass is 9.87. The van der Waals surface area contributed by atoms with Crippen LogP contribution in [-0.4, -0.2) is 66.7 Å². The third kappa shape index (κ3) is 4.17. The van der Waals surface area contributed by atoms with Crippen molar-refractivity contribution in [1.29, 1.82) is 0 Å². The van der Waals surface area contributed by atoms with Crippen LogP contribution in [0, 0.1) is 5.92 Å². The molecule has 1 unspecified atom stereocenters. The average Bonchev–Trinajstić information content (AvgIpc) is 3.18. The van der Waals surface area contributed by atoms with Gasteiger partial charge in [0.05, 0.1) is 31.2 Å². The number of carbonyl (C=O) groups is 2. The van der Waals surface area contributed by atoms with E-state index in [2.05, 4.69) is 0 Å². The molecule has 27 heavy (non-hydrogen) atoms. The quantitative estimate of drug-likeness (QED) is 0.812. The fourth-order valence-corrected chi connectivity index (χ4v) is 4.35. The summed E-state index contributed by atoms with van der Waals surface area (Å²) in [4.78, 5) is 29.3. The number of piperidine rings is 1. The molecule has 2 amide bonds. The van der Waals surface area contributed by atoms with Gasteiger partial charge in [-0.15, -0.1) is 0 Å². The van der Waals surface area contributed by atoms with E-state index in [9.17, 15) is 9.59 Å². The Morgan fingerprint density at radius 2 is 1.89 bits per heavy atom. The second-order valence-corrected chi connectivity index (χ2v) is 7.89. The molecule has 0 radical (unpaired) electrons. The summed E-state index contributed by atoms with van der Waals surface area (Å²) in [5, 5.41) is 0. The molecule has 0 aliphatic carbocycles. The fourth-order valence-electron chi connectivity index (χ4n) is 4.35. The summed E-state index contributed by atoms with van der Waals surface area (Å²) in [7, 11) is 0. The molecule has 0 saturated carbocycles. The first kappa shape index (κ1) is 18.4. The summed E-state index contributed by atoms with van der Waals surface area (Å²) in [5.74, 6) is 0.366. The van der Waals surface area contributed by atoms with E-state index < -0.39 is 5.60 Å². The van der Waals surface area contributed by atoms with Crippen molar-refractivity contribution < 1.29 is 19.1 Å². The Morgan fingerprint density at radius 1 is 1.11 bits per heavy atom. The molecule has 146 valence electrons. The molecule has 1 spiro atoms. The number of hydrogen-bond acceptors (Lipinski definition) is 4. The van der Waals surface area contributed by atoms with Gasteiger partial charge in [-0.1, -0.05) is 30.3 Å². The maximum atomic E-state index is 12.9. The van der Waals surface area contributed by atoms with Gasteiger partial charge in [0, 0.05) is 32.8 Å². The number of amides is 2. The molecule has 3 aliphatic rings. The van der Waals surface area contributed by atoms with Crippen molar-refractivity contribution in [1.82, 2.24) is 9.80 Å². The van der Waals surface area contributed by atoms with Crippen molar-refractivity contribution in [3.8, 4) is 0 Å². The van der Waals surface area contributed by atoms with Crippen LogP contribution in [0.25, 0.3) is 0 Å². The Labute approximate surface area is 160 Å². The van der Waals surface area contributed by atoms with Gasteiger partial charge in [0.1, 0.15) is 0 Å². The highest BCUT2D eigenvalue weighted by molar-refractivity contribution is 5.80. The minimum absolute atomic E-state index is 0.0112. The Hall–Kier alpha value is -1.92. The summed E-state index contributed by atoms with van der Waals surface area (Å²) in [6.07, 6.45) is 2.70. The Kier molecular flexibility index (Phi) is 5.45. The van der Waals surface area contributed by atoms with Crippen LogP contribution in [0.1, 0.15) is 31.2 Å². The molecule has 4 rings (SSSR count). The SMILES string of the molecule is O=C1CC2(CCN(C(=O)C3CCOC3)CC2)OCCN1Cc1ccccc1. The van der Waals surface area contributed by atoms with E-state index >= 15 is 0 Å². The van der Waals surface area contributed by atoms with Gasteiger partial charge in [0.25, 0.3) is 0 Å². The van der Waals surface area contributed by atoms with Crippen LogP contribution < -0.4 is 0 Å². The topological polar surface area (TPSA) is 59.1 Å². The lowest BCUT2D eigenvalue weighted by Crippen LogP contribution is -2.50. The zero-order valence-corrected chi connectivity index (χ0v) is 15.8. The number of benzene rings is 1. The van der Waals surface area contributed by atoms with Crippen molar-refractivity contribution in [3.63, 3.8) is 0 Å². The van der Waals surface area contributed by atoms with Crippen LogP contribution >= 0.6 is 0 Å². The number of rotatable bonds is 3. The third-order valence-corrected chi connectivity index (χ3v) is 6.08. The molecule has 1 aromatic rings. The molecule has 1 atom stereocenters. The van der Waals surface area contributed by atoms with Crippen molar-refractivity contribution in [2.75, 3.05) is 39.5 Å². The molecule has 6 nitrogen and oxygen atoms in total. The van der Waals surface area contributed by atoms with E-state index in [4.69, 9.17) is 9.47 Å². The standard InChI is InChI=1S/C21H28N2O4/c24-19-14-21(27-13-11-23(19)15-17-4-2-1-3-5-17)7-9-22(10-8-21)20(25)18-6-12-26-16-18/h1-5,18H,6-16H2. The first-order valence-electron chi connectivity index (χ1n) is 9.97. The molecule has 0 aromatic heterocycles. The zero-order valence-electron chi connectivity index (χ0n) is 15.8. The number of ether oxygens (including phenoxy) is 2. The van der Waals surface area contributed by atoms with Crippen LogP contribution in [0.3, 0.4) is 0 Å². The minimum Gasteiger partial charge on any atom is -0.381 e. The van der Waals surface area contributed by atoms with Gasteiger partial charge in [-0.3, -0.25) is 9.59 Å². The van der Waals surface area contributed by atoms with Gasteiger partial charge < -0.3 is 19.3 Å². The molecule has 3 fully saturated rings. The molecule has 3 aliphatic heterocycles. The van der Waals surface area contributed by atoms with Gasteiger partial charge in [-0.05, 0) is 24.8 Å². The first-order chi connectivity index (χ1) is 13.2. The fraction of sp³-hybridized carbons (Fsp3) is 0.619. The second-order valence-electron chi connectivity index (χ2n) is 7.89. The van der Waals surface area contributed by atoms with Gasteiger partial charge in [-0.25, -0.2) is 0 Å². The van der Waals surface area contributed by atoms with E-state index in [-0.39, 0.29) is 17.7 Å². The first-order valence-corrected chi connectivity index (χ1v) is 9.97. The van der Waals surface area contributed by atoms with Crippen LogP contribution in [0.5, 0.6) is 0 Å². The van der Waals surface area contributed by atoms with Gasteiger partial charge >= 0.3 is 0 Å². The van der Waals surface area contributed by atoms with E-state index in [1.807, 2.05) is 40.1 Å². The molecule has 0 N–H and O–H groups in total. The third-order valence-electron chi connectivity index (χ3n) is 6.08. The predicted octanol–water partition coefficient (Wildman–Crippen LogP) is 1.83. The van der Waals surface area contributed by atoms with E-state index in [0.717, 1.165) is 24.8 Å². The Balaban J connectivity index is 1.35. The normalized spacial score (nSPS) is 25.6. The van der Waals surface area contributed by atoms with Crippen molar-refractivity contribution in [2.45, 2.75) is 37.8 Å². The molecular weight excluding hydrogens is 344 g/mol. The molecule has 1 aromatic carbocycles. The highest BCUT2D eigenvalue weighted by Crippen LogP contribution is 2.33. The molecule has 0 bridgehead atoms. The van der Waals surface area contributed by atoms with Crippen molar-refractivity contribution >= 4 is 11.8 Å².